The number of thiazole rings is 1. The van der Waals surface area contributed by atoms with E-state index in [1.807, 2.05) is 17.0 Å². The highest BCUT2D eigenvalue weighted by atomic mass is 32.1. The van der Waals surface area contributed by atoms with Crippen molar-refractivity contribution in [2.45, 2.75) is 19.3 Å². The Bertz CT molecular complexity index is 815. The minimum Gasteiger partial charge on any atom is -0.493 e. The number of carbonyl (C=O) groups excluding carboxylic acids is 2. The van der Waals surface area contributed by atoms with Crippen molar-refractivity contribution >= 4 is 23.2 Å². The molecule has 1 aromatic heterocycles. The van der Waals surface area contributed by atoms with E-state index in [1.165, 1.54) is 11.3 Å². The van der Waals surface area contributed by atoms with Gasteiger partial charge in [0.1, 0.15) is 10.7 Å². The Morgan fingerprint density at radius 1 is 1.19 bits per heavy atom. The molecule has 1 aliphatic heterocycles. The van der Waals surface area contributed by atoms with Gasteiger partial charge >= 0.3 is 0 Å². The van der Waals surface area contributed by atoms with E-state index in [4.69, 9.17) is 9.47 Å². The third-order valence-corrected chi connectivity index (χ3v) is 5.34. The van der Waals surface area contributed by atoms with Crippen molar-refractivity contribution in [3.05, 3.63) is 29.3 Å². The molecule has 1 aromatic carbocycles. The van der Waals surface area contributed by atoms with Gasteiger partial charge in [-0.1, -0.05) is 0 Å². The Balaban J connectivity index is 1.58. The molecular formula is C19H23N3O4S. The number of amides is 2. The number of nitrogens with one attached hydrogen (secondary N) is 1. The second kappa shape index (κ2) is 8.85. The molecule has 2 amide bonds. The first kappa shape index (κ1) is 19.2. The van der Waals surface area contributed by atoms with Gasteiger partial charge in [0.15, 0.2) is 11.5 Å². The first-order chi connectivity index (χ1) is 13.1. The summed E-state index contributed by atoms with van der Waals surface area (Å²) in [6, 6.07) is 5.50. The first-order valence-electron chi connectivity index (χ1n) is 8.86. The molecule has 1 N–H and O–H groups in total. The lowest BCUT2D eigenvalue weighted by Crippen LogP contribution is -2.32. The molecule has 2 heterocycles. The Hall–Kier alpha value is -2.61. The van der Waals surface area contributed by atoms with Crippen LogP contribution in [0.15, 0.2) is 23.6 Å². The summed E-state index contributed by atoms with van der Waals surface area (Å²) in [6.07, 6.45) is 2.45. The Morgan fingerprint density at radius 3 is 2.63 bits per heavy atom. The molecule has 0 bridgehead atoms. The number of rotatable bonds is 7. The predicted octanol–water partition coefficient (Wildman–Crippen LogP) is 2.57. The third-order valence-electron chi connectivity index (χ3n) is 4.45. The molecule has 8 heteroatoms. The van der Waals surface area contributed by atoms with Crippen LogP contribution in [-0.2, 0) is 4.79 Å². The SMILES string of the molecule is COc1ccc(-c2nc(C(=O)NCCC(=O)N3CCCC3)cs2)cc1OC. The summed E-state index contributed by atoms with van der Waals surface area (Å²) in [5.74, 6) is 1.07. The van der Waals surface area contributed by atoms with Crippen LogP contribution in [0, 0.1) is 0 Å². The van der Waals surface area contributed by atoms with Crippen LogP contribution in [0.1, 0.15) is 29.8 Å². The summed E-state index contributed by atoms with van der Waals surface area (Å²) in [4.78, 5) is 30.5. The topological polar surface area (TPSA) is 80.8 Å². The molecule has 0 saturated carbocycles. The van der Waals surface area contributed by atoms with Crippen molar-refractivity contribution in [3.8, 4) is 22.1 Å². The number of aromatic nitrogens is 1. The molecule has 0 unspecified atom stereocenters. The van der Waals surface area contributed by atoms with E-state index in [0.29, 0.717) is 35.2 Å². The van der Waals surface area contributed by atoms with Crippen molar-refractivity contribution < 1.29 is 19.1 Å². The highest BCUT2D eigenvalue weighted by Crippen LogP contribution is 2.33. The van der Waals surface area contributed by atoms with Crippen molar-refractivity contribution in [2.75, 3.05) is 33.9 Å². The summed E-state index contributed by atoms with van der Waals surface area (Å²) in [5.41, 5.74) is 1.19. The lowest BCUT2D eigenvalue weighted by atomic mass is 10.2. The quantitative estimate of drug-likeness (QED) is 0.787. The van der Waals surface area contributed by atoms with Crippen LogP contribution in [-0.4, -0.2) is 55.6 Å². The molecule has 2 aromatic rings. The molecule has 0 atom stereocenters. The second-order valence-corrected chi connectivity index (χ2v) is 7.06. The fraction of sp³-hybridized carbons (Fsp3) is 0.421. The highest BCUT2D eigenvalue weighted by molar-refractivity contribution is 7.13. The summed E-state index contributed by atoms with van der Waals surface area (Å²) in [5, 5.41) is 5.20. The largest absolute Gasteiger partial charge is 0.493 e. The van der Waals surface area contributed by atoms with E-state index >= 15 is 0 Å². The molecule has 7 nitrogen and oxygen atoms in total. The molecule has 0 spiro atoms. The average molecular weight is 389 g/mol. The van der Waals surface area contributed by atoms with Crippen LogP contribution in [0.3, 0.4) is 0 Å². The van der Waals surface area contributed by atoms with E-state index in [0.717, 1.165) is 31.5 Å². The lowest BCUT2D eigenvalue weighted by Gasteiger charge is -2.14. The number of nitrogens with zero attached hydrogens (tertiary/aromatic N) is 2. The van der Waals surface area contributed by atoms with Gasteiger partial charge in [0.25, 0.3) is 5.91 Å². The smallest absolute Gasteiger partial charge is 0.270 e. The van der Waals surface area contributed by atoms with Crippen LogP contribution in [0.25, 0.3) is 10.6 Å². The van der Waals surface area contributed by atoms with Gasteiger partial charge in [0, 0.05) is 37.0 Å². The van der Waals surface area contributed by atoms with Gasteiger partial charge in [-0.15, -0.1) is 11.3 Å². The van der Waals surface area contributed by atoms with Gasteiger partial charge in [0.2, 0.25) is 5.91 Å². The van der Waals surface area contributed by atoms with Gasteiger partial charge in [-0.2, -0.15) is 0 Å². The maximum Gasteiger partial charge on any atom is 0.270 e. The third kappa shape index (κ3) is 4.57. The first-order valence-corrected chi connectivity index (χ1v) is 9.74. The molecule has 144 valence electrons. The van der Waals surface area contributed by atoms with Crippen molar-refractivity contribution in [3.63, 3.8) is 0 Å². The maximum atomic E-state index is 12.3. The number of hydrogen-bond donors (Lipinski definition) is 1. The fourth-order valence-corrected chi connectivity index (χ4v) is 3.78. The van der Waals surface area contributed by atoms with Crippen molar-refractivity contribution in [2.24, 2.45) is 0 Å². The molecule has 1 saturated heterocycles. The monoisotopic (exact) mass is 389 g/mol. The van der Waals surface area contributed by atoms with Crippen LogP contribution in [0.2, 0.25) is 0 Å². The Kier molecular flexibility index (Phi) is 6.28. The molecular weight excluding hydrogens is 366 g/mol. The zero-order chi connectivity index (χ0) is 19.2. The normalized spacial score (nSPS) is 13.5. The van der Waals surface area contributed by atoms with Crippen molar-refractivity contribution in [1.29, 1.82) is 0 Å². The summed E-state index contributed by atoms with van der Waals surface area (Å²) in [6.45, 7) is 1.97. The predicted molar refractivity (Wildman–Crippen MR) is 103 cm³/mol. The standard InChI is InChI=1S/C19H23N3O4S/c1-25-15-6-5-13(11-16(15)26-2)19-21-14(12-27-19)18(24)20-8-7-17(23)22-9-3-4-10-22/h5-6,11-12H,3-4,7-10H2,1-2H3,(H,20,24). The van der Waals surface area contributed by atoms with Gasteiger partial charge < -0.3 is 19.7 Å². The zero-order valence-corrected chi connectivity index (χ0v) is 16.3. The van der Waals surface area contributed by atoms with Crippen LogP contribution in [0.4, 0.5) is 0 Å². The number of methoxy groups -OCH3 is 2. The highest BCUT2D eigenvalue weighted by Gasteiger charge is 2.18. The van der Waals surface area contributed by atoms with E-state index in [-0.39, 0.29) is 11.8 Å². The van der Waals surface area contributed by atoms with Gasteiger partial charge in [0.05, 0.1) is 14.2 Å². The van der Waals surface area contributed by atoms with Crippen LogP contribution >= 0.6 is 11.3 Å². The lowest BCUT2D eigenvalue weighted by molar-refractivity contribution is -0.129. The summed E-state index contributed by atoms with van der Waals surface area (Å²) < 4.78 is 10.5. The van der Waals surface area contributed by atoms with E-state index in [9.17, 15) is 9.59 Å². The van der Waals surface area contributed by atoms with Gasteiger partial charge in [-0.05, 0) is 31.0 Å². The Morgan fingerprint density at radius 2 is 1.93 bits per heavy atom. The number of likely N-dealkylation sites (tertiary alicyclic amines) is 1. The minimum atomic E-state index is -0.271. The van der Waals surface area contributed by atoms with Crippen LogP contribution in [0.5, 0.6) is 11.5 Å². The number of benzene rings is 1. The Labute approximate surface area is 162 Å². The second-order valence-electron chi connectivity index (χ2n) is 6.20. The van der Waals surface area contributed by atoms with Crippen molar-refractivity contribution in [1.82, 2.24) is 15.2 Å². The van der Waals surface area contributed by atoms with Gasteiger partial charge in [-0.25, -0.2) is 4.98 Å². The average Bonchev–Trinajstić information content (AvgIpc) is 3.39. The van der Waals surface area contributed by atoms with E-state index in [2.05, 4.69) is 10.3 Å². The number of carbonyl (C=O) groups is 2. The molecule has 0 aliphatic carbocycles. The summed E-state index contributed by atoms with van der Waals surface area (Å²) >= 11 is 1.38. The molecule has 27 heavy (non-hydrogen) atoms. The molecule has 1 fully saturated rings. The summed E-state index contributed by atoms with van der Waals surface area (Å²) in [7, 11) is 3.16. The fourth-order valence-electron chi connectivity index (χ4n) is 2.98. The molecule has 0 radical (unpaired) electrons. The minimum absolute atomic E-state index is 0.0945. The van der Waals surface area contributed by atoms with Crippen LogP contribution < -0.4 is 14.8 Å². The number of hydrogen-bond acceptors (Lipinski definition) is 6. The maximum absolute atomic E-state index is 12.3. The van der Waals surface area contributed by atoms with E-state index < -0.39 is 0 Å². The van der Waals surface area contributed by atoms with E-state index in [1.54, 1.807) is 25.7 Å². The van der Waals surface area contributed by atoms with Gasteiger partial charge in [-0.3, -0.25) is 9.59 Å². The molecule has 3 rings (SSSR count). The molecule has 1 aliphatic rings. The zero-order valence-electron chi connectivity index (χ0n) is 15.5. The number of ether oxygens (including phenoxy) is 2.